The zero-order chi connectivity index (χ0) is 12.8. The van der Waals surface area contributed by atoms with E-state index in [4.69, 9.17) is 11.5 Å². The van der Waals surface area contributed by atoms with E-state index in [0.29, 0.717) is 11.5 Å². The predicted molar refractivity (Wildman–Crippen MR) is 60.4 cm³/mol. The zero-order valence-corrected chi connectivity index (χ0v) is 9.51. The van der Waals surface area contributed by atoms with Crippen molar-refractivity contribution in [1.29, 1.82) is 0 Å². The van der Waals surface area contributed by atoms with Crippen LogP contribution in [0.1, 0.15) is 17.9 Å². The van der Waals surface area contributed by atoms with Gasteiger partial charge in [-0.2, -0.15) is 0 Å². The van der Waals surface area contributed by atoms with Crippen molar-refractivity contribution < 1.29 is 9.59 Å². The summed E-state index contributed by atoms with van der Waals surface area (Å²) in [5.41, 5.74) is 11.1. The molecule has 0 radical (unpaired) electrons. The summed E-state index contributed by atoms with van der Waals surface area (Å²) < 4.78 is 0. The van der Waals surface area contributed by atoms with Crippen molar-refractivity contribution in [3.05, 3.63) is 23.8 Å². The molecule has 7 heteroatoms. The number of hydrogen-bond donors (Lipinski definition) is 3. The Bertz CT molecular complexity index is 421. The van der Waals surface area contributed by atoms with Crippen LogP contribution >= 0.6 is 0 Å². The van der Waals surface area contributed by atoms with E-state index in [-0.39, 0.29) is 13.0 Å². The normalized spacial score (nSPS) is 11.9. The molecule has 1 aromatic rings. The monoisotopic (exact) mass is 237 g/mol. The van der Waals surface area contributed by atoms with Crippen LogP contribution < -0.4 is 16.8 Å². The highest BCUT2D eigenvalue weighted by molar-refractivity contribution is 5.87. The number of nitrogens with one attached hydrogen (secondary N) is 1. The largest absolute Gasteiger partial charge is 0.370 e. The Labute approximate surface area is 98.6 Å². The number of aryl methyl sites for hydroxylation is 1. The molecule has 1 rings (SSSR count). The third-order valence-electron chi connectivity index (χ3n) is 2.04. The van der Waals surface area contributed by atoms with Crippen LogP contribution in [0.4, 0.5) is 0 Å². The molecule has 0 fully saturated rings. The molecule has 0 aliphatic heterocycles. The van der Waals surface area contributed by atoms with Gasteiger partial charge in [-0.25, -0.2) is 9.97 Å². The molecule has 92 valence electrons. The Hall–Kier alpha value is -2.02. The van der Waals surface area contributed by atoms with E-state index in [2.05, 4.69) is 15.3 Å². The van der Waals surface area contributed by atoms with E-state index in [0.717, 1.165) is 0 Å². The molecule has 0 spiro atoms. The minimum atomic E-state index is -0.921. The maximum absolute atomic E-state index is 11.4. The van der Waals surface area contributed by atoms with Crippen molar-refractivity contribution in [2.24, 2.45) is 11.5 Å². The molecule has 0 aliphatic rings. The average Bonchev–Trinajstić information content (AvgIpc) is 2.25. The Kier molecular flexibility index (Phi) is 4.53. The Morgan fingerprint density at radius 3 is 2.82 bits per heavy atom. The third kappa shape index (κ3) is 4.56. The Morgan fingerprint density at radius 1 is 1.53 bits per heavy atom. The minimum absolute atomic E-state index is 0.172. The number of carbonyl (C=O) groups excluding carboxylic acids is 2. The lowest BCUT2D eigenvalue weighted by atomic mass is 10.2. The molecule has 0 saturated carbocycles. The number of primary amides is 1. The molecular weight excluding hydrogens is 222 g/mol. The van der Waals surface area contributed by atoms with Crippen LogP contribution in [0.25, 0.3) is 0 Å². The van der Waals surface area contributed by atoms with Gasteiger partial charge in [0.05, 0.1) is 24.7 Å². The molecule has 0 aromatic carbocycles. The Morgan fingerprint density at radius 2 is 2.24 bits per heavy atom. The molecule has 7 nitrogen and oxygen atoms in total. The lowest BCUT2D eigenvalue weighted by Crippen LogP contribution is -2.42. The van der Waals surface area contributed by atoms with Crippen molar-refractivity contribution in [3.63, 3.8) is 0 Å². The van der Waals surface area contributed by atoms with Crippen LogP contribution in [-0.2, 0) is 16.1 Å². The van der Waals surface area contributed by atoms with E-state index < -0.39 is 17.9 Å². The number of nitrogens with two attached hydrogens (primary N) is 2. The number of hydrogen-bond acceptors (Lipinski definition) is 5. The van der Waals surface area contributed by atoms with Crippen molar-refractivity contribution in [2.75, 3.05) is 0 Å². The third-order valence-corrected chi connectivity index (χ3v) is 2.04. The van der Waals surface area contributed by atoms with Gasteiger partial charge in [0, 0.05) is 6.20 Å². The topological polar surface area (TPSA) is 124 Å². The fourth-order valence-electron chi connectivity index (χ4n) is 1.22. The van der Waals surface area contributed by atoms with Crippen LogP contribution in [0.15, 0.2) is 12.3 Å². The smallest absolute Gasteiger partial charge is 0.237 e. The lowest BCUT2D eigenvalue weighted by Gasteiger charge is -2.10. The van der Waals surface area contributed by atoms with Gasteiger partial charge in [0.2, 0.25) is 11.8 Å². The van der Waals surface area contributed by atoms with Gasteiger partial charge in [-0.1, -0.05) is 0 Å². The molecule has 17 heavy (non-hydrogen) atoms. The predicted octanol–water partition coefficient (Wildman–Crippen LogP) is -1.40. The van der Waals surface area contributed by atoms with Crippen molar-refractivity contribution in [2.45, 2.75) is 25.9 Å². The van der Waals surface area contributed by atoms with E-state index in [1.54, 1.807) is 19.2 Å². The molecule has 5 N–H and O–H groups in total. The molecule has 0 saturated heterocycles. The molecule has 0 aliphatic carbocycles. The number of aromatic nitrogens is 2. The van der Waals surface area contributed by atoms with Crippen LogP contribution in [0.2, 0.25) is 0 Å². The second-order valence-corrected chi connectivity index (χ2v) is 3.59. The van der Waals surface area contributed by atoms with E-state index >= 15 is 0 Å². The van der Waals surface area contributed by atoms with Crippen LogP contribution in [0, 0.1) is 6.92 Å². The number of amides is 2. The number of carbonyl (C=O) groups is 2. The summed E-state index contributed by atoms with van der Waals surface area (Å²) in [6, 6.07) is 0.766. The first-order valence-electron chi connectivity index (χ1n) is 5.09. The maximum Gasteiger partial charge on any atom is 0.237 e. The van der Waals surface area contributed by atoms with Gasteiger partial charge in [-0.05, 0) is 13.0 Å². The summed E-state index contributed by atoms with van der Waals surface area (Å²) in [6.07, 6.45) is 1.43. The summed E-state index contributed by atoms with van der Waals surface area (Å²) >= 11 is 0. The summed E-state index contributed by atoms with van der Waals surface area (Å²) in [5.74, 6) is -0.413. The fraction of sp³-hybridized carbons (Fsp3) is 0.400. The summed E-state index contributed by atoms with van der Waals surface area (Å²) in [4.78, 5) is 30.1. The maximum atomic E-state index is 11.4. The van der Waals surface area contributed by atoms with E-state index in [9.17, 15) is 9.59 Å². The van der Waals surface area contributed by atoms with Crippen molar-refractivity contribution in [1.82, 2.24) is 15.3 Å². The van der Waals surface area contributed by atoms with Gasteiger partial charge < -0.3 is 16.8 Å². The first-order valence-corrected chi connectivity index (χ1v) is 5.09. The van der Waals surface area contributed by atoms with Gasteiger partial charge in [0.25, 0.3) is 0 Å². The van der Waals surface area contributed by atoms with Gasteiger partial charge in [0.1, 0.15) is 5.82 Å². The number of rotatable bonds is 5. The van der Waals surface area contributed by atoms with E-state index in [1.807, 2.05) is 0 Å². The first kappa shape index (κ1) is 13.0. The average molecular weight is 237 g/mol. The number of nitrogens with zero attached hydrogens (tertiary/aromatic N) is 2. The van der Waals surface area contributed by atoms with Gasteiger partial charge in [-0.3, -0.25) is 9.59 Å². The molecule has 1 aromatic heterocycles. The lowest BCUT2D eigenvalue weighted by molar-refractivity contribution is -0.126. The SMILES string of the molecule is Cc1nccc(CNC(=O)C(N)CC(N)=O)n1. The van der Waals surface area contributed by atoms with Gasteiger partial charge >= 0.3 is 0 Å². The first-order chi connectivity index (χ1) is 7.99. The molecular formula is C10H15N5O2. The molecule has 0 bridgehead atoms. The second kappa shape index (κ2) is 5.90. The zero-order valence-electron chi connectivity index (χ0n) is 9.51. The van der Waals surface area contributed by atoms with Crippen molar-refractivity contribution in [3.8, 4) is 0 Å². The fourth-order valence-corrected chi connectivity index (χ4v) is 1.22. The minimum Gasteiger partial charge on any atom is -0.370 e. The van der Waals surface area contributed by atoms with E-state index in [1.165, 1.54) is 0 Å². The standard InChI is InChI=1S/C10H15N5O2/c1-6-13-3-2-7(15-6)5-14-10(17)8(11)4-9(12)16/h2-3,8H,4-5,11H2,1H3,(H2,12,16)(H,14,17). The van der Waals surface area contributed by atoms with Crippen LogP contribution in [-0.4, -0.2) is 27.8 Å². The summed E-state index contributed by atoms with van der Waals surface area (Å²) in [5, 5.41) is 2.57. The van der Waals surface area contributed by atoms with Gasteiger partial charge in [0.15, 0.2) is 0 Å². The highest BCUT2D eigenvalue weighted by atomic mass is 16.2. The van der Waals surface area contributed by atoms with Crippen molar-refractivity contribution >= 4 is 11.8 Å². The highest BCUT2D eigenvalue weighted by Crippen LogP contribution is 1.95. The molecule has 1 atom stereocenters. The summed E-state index contributed by atoms with van der Waals surface area (Å²) in [7, 11) is 0. The van der Waals surface area contributed by atoms with Crippen LogP contribution in [0.5, 0.6) is 0 Å². The quantitative estimate of drug-likeness (QED) is 0.581. The second-order valence-electron chi connectivity index (χ2n) is 3.59. The molecule has 1 unspecified atom stereocenters. The summed E-state index contributed by atoms with van der Waals surface area (Å²) in [6.45, 7) is 2.00. The van der Waals surface area contributed by atoms with Crippen LogP contribution in [0.3, 0.4) is 0 Å². The molecule has 2 amide bonds. The Balaban J connectivity index is 2.45. The highest BCUT2D eigenvalue weighted by Gasteiger charge is 2.15. The molecule has 1 heterocycles. The van der Waals surface area contributed by atoms with Gasteiger partial charge in [-0.15, -0.1) is 0 Å².